The average Bonchev–Trinajstić information content (AvgIpc) is 2.47. The summed E-state index contributed by atoms with van der Waals surface area (Å²) in [6.07, 6.45) is 0. The number of halogens is 1. The topological polar surface area (TPSA) is 84.0 Å². The molecule has 1 aliphatic rings. The minimum atomic E-state index is -0.679. The largest absolute Gasteiger partial charge is 0.459 e. The van der Waals surface area contributed by atoms with Crippen molar-refractivity contribution in [1.82, 2.24) is 4.98 Å². The van der Waals surface area contributed by atoms with Crippen LogP contribution in [0, 0.1) is 0 Å². The number of carbonyl (C=O) groups is 2. The number of ether oxygens (including phenoxy) is 4. The molecule has 7 nitrogen and oxygen atoms in total. The summed E-state index contributed by atoms with van der Waals surface area (Å²) >= 11 is 5.87. The first-order valence-electron chi connectivity index (χ1n) is 6.34. The maximum absolute atomic E-state index is 11.8. The summed E-state index contributed by atoms with van der Waals surface area (Å²) < 4.78 is 20.3. The minimum absolute atomic E-state index is 0.0550. The van der Waals surface area contributed by atoms with Crippen LogP contribution >= 0.6 is 11.6 Å². The molecule has 114 valence electrons. The standard InChI is InChI=1S/C13H14ClNO6/c14-9-7-10-12(16)20-5-3-18-1-2-19-4-6-21-13(17)11(8-9)15-10/h7-8H,1-6H2. The zero-order valence-electron chi connectivity index (χ0n) is 11.2. The van der Waals surface area contributed by atoms with Crippen molar-refractivity contribution in [2.24, 2.45) is 0 Å². The Morgan fingerprint density at radius 3 is 1.71 bits per heavy atom. The van der Waals surface area contributed by atoms with Crippen molar-refractivity contribution in [2.45, 2.75) is 0 Å². The highest BCUT2D eigenvalue weighted by atomic mass is 35.5. The number of esters is 2. The molecule has 8 heteroatoms. The van der Waals surface area contributed by atoms with Gasteiger partial charge in [-0.15, -0.1) is 0 Å². The number of hydrogen-bond donors (Lipinski definition) is 0. The molecule has 0 amide bonds. The molecule has 1 aliphatic heterocycles. The zero-order chi connectivity index (χ0) is 15.1. The second-order valence-corrected chi connectivity index (χ2v) is 4.49. The lowest BCUT2D eigenvalue weighted by atomic mass is 10.3. The molecule has 0 atom stereocenters. The molecule has 2 bridgehead atoms. The number of cyclic esters (lactones) is 2. The summed E-state index contributed by atoms with van der Waals surface area (Å²) in [5.74, 6) is -1.36. The van der Waals surface area contributed by atoms with E-state index < -0.39 is 11.9 Å². The van der Waals surface area contributed by atoms with Crippen LogP contribution in [0.1, 0.15) is 21.0 Å². The Morgan fingerprint density at radius 2 is 1.24 bits per heavy atom. The second-order valence-electron chi connectivity index (χ2n) is 4.05. The molecule has 1 aromatic rings. The number of nitrogens with zero attached hydrogens (tertiary/aromatic N) is 1. The Hall–Kier alpha value is -1.70. The van der Waals surface area contributed by atoms with Crippen LogP contribution in [0.2, 0.25) is 5.02 Å². The van der Waals surface area contributed by atoms with Crippen LogP contribution < -0.4 is 0 Å². The van der Waals surface area contributed by atoms with Crippen molar-refractivity contribution in [3.63, 3.8) is 0 Å². The van der Waals surface area contributed by atoms with Crippen LogP contribution in [0.15, 0.2) is 12.1 Å². The molecule has 2 rings (SSSR count). The van der Waals surface area contributed by atoms with Crippen molar-refractivity contribution in [3.8, 4) is 0 Å². The number of hydrogen-bond acceptors (Lipinski definition) is 7. The van der Waals surface area contributed by atoms with Gasteiger partial charge in [-0.25, -0.2) is 14.6 Å². The lowest BCUT2D eigenvalue weighted by Gasteiger charge is -2.06. The van der Waals surface area contributed by atoms with Gasteiger partial charge in [0.15, 0.2) is 11.4 Å². The predicted octanol–water partition coefficient (Wildman–Crippen LogP) is 1.10. The lowest BCUT2D eigenvalue weighted by Crippen LogP contribution is -2.15. The molecule has 0 saturated heterocycles. The maximum Gasteiger partial charge on any atom is 0.357 e. The fourth-order valence-electron chi connectivity index (χ4n) is 1.56. The first-order valence-corrected chi connectivity index (χ1v) is 6.72. The SMILES string of the molecule is O=C1OCCOCCOCCOC(=O)c2cc(Cl)cc1n2. The van der Waals surface area contributed by atoms with Gasteiger partial charge in [0.25, 0.3) is 0 Å². The third kappa shape index (κ3) is 4.96. The van der Waals surface area contributed by atoms with Gasteiger partial charge < -0.3 is 18.9 Å². The van der Waals surface area contributed by atoms with Crippen LogP contribution in [-0.4, -0.2) is 56.6 Å². The van der Waals surface area contributed by atoms with Crippen molar-refractivity contribution in [1.29, 1.82) is 0 Å². The predicted molar refractivity (Wildman–Crippen MR) is 71.5 cm³/mol. The number of carbonyl (C=O) groups excluding carboxylic acids is 2. The van der Waals surface area contributed by atoms with Crippen LogP contribution in [0.5, 0.6) is 0 Å². The van der Waals surface area contributed by atoms with E-state index in [4.69, 9.17) is 30.5 Å². The highest BCUT2D eigenvalue weighted by Gasteiger charge is 2.16. The van der Waals surface area contributed by atoms with E-state index in [9.17, 15) is 9.59 Å². The van der Waals surface area contributed by atoms with E-state index in [0.717, 1.165) is 0 Å². The molecule has 0 aromatic carbocycles. The summed E-state index contributed by atoms with van der Waals surface area (Å²) in [5.41, 5.74) is -0.110. The Morgan fingerprint density at radius 1 is 0.810 bits per heavy atom. The maximum atomic E-state index is 11.8. The lowest BCUT2D eigenvalue weighted by molar-refractivity contribution is 0.00280. The quantitative estimate of drug-likeness (QED) is 0.663. The smallest absolute Gasteiger partial charge is 0.357 e. The molecule has 0 aliphatic carbocycles. The van der Waals surface area contributed by atoms with Crippen molar-refractivity contribution in [2.75, 3.05) is 39.6 Å². The Balaban J connectivity index is 2.15. The molecule has 0 saturated carbocycles. The van der Waals surface area contributed by atoms with Crippen LogP contribution in [0.25, 0.3) is 0 Å². The Kier molecular flexibility index (Phi) is 5.91. The first-order chi connectivity index (χ1) is 10.2. The normalized spacial score (nSPS) is 18.1. The van der Waals surface area contributed by atoms with E-state index in [0.29, 0.717) is 13.2 Å². The third-order valence-electron chi connectivity index (χ3n) is 2.50. The van der Waals surface area contributed by atoms with E-state index >= 15 is 0 Å². The highest BCUT2D eigenvalue weighted by molar-refractivity contribution is 6.31. The fourth-order valence-corrected chi connectivity index (χ4v) is 1.77. The molecule has 0 fully saturated rings. The van der Waals surface area contributed by atoms with Gasteiger partial charge in [0.1, 0.15) is 13.2 Å². The van der Waals surface area contributed by atoms with Crippen molar-refractivity contribution >= 4 is 23.5 Å². The molecule has 0 N–H and O–H groups in total. The summed E-state index contributed by atoms with van der Waals surface area (Å²) in [4.78, 5) is 27.5. The van der Waals surface area contributed by atoms with Gasteiger partial charge in [-0.05, 0) is 12.1 Å². The monoisotopic (exact) mass is 315 g/mol. The van der Waals surface area contributed by atoms with Gasteiger partial charge in [-0.3, -0.25) is 0 Å². The highest BCUT2D eigenvalue weighted by Crippen LogP contribution is 2.14. The summed E-state index contributed by atoms with van der Waals surface area (Å²) in [7, 11) is 0. The Labute approximate surface area is 126 Å². The van der Waals surface area contributed by atoms with Crippen LogP contribution in [0.4, 0.5) is 0 Å². The molecule has 0 spiro atoms. The molecular formula is C13H14ClNO6. The Bertz CT molecular complexity index is 479. The van der Waals surface area contributed by atoms with Crippen molar-refractivity contribution < 1.29 is 28.5 Å². The average molecular weight is 316 g/mol. The van der Waals surface area contributed by atoms with E-state index in [1.54, 1.807) is 0 Å². The molecule has 2 heterocycles. The number of aromatic nitrogens is 1. The molecule has 1 aromatic heterocycles. The number of rotatable bonds is 0. The van der Waals surface area contributed by atoms with E-state index in [2.05, 4.69) is 4.98 Å². The first kappa shape index (κ1) is 15.7. The molecule has 21 heavy (non-hydrogen) atoms. The van der Waals surface area contributed by atoms with E-state index in [1.165, 1.54) is 12.1 Å². The molecular weight excluding hydrogens is 302 g/mol. The third-order valence-corrected chi connectivity index (χ3v) is 2.72. The second kappa shape index (κ2) is 7.92. The number of pyridine rings is 1. The summed E-state index contributed by atoms with van der Waals surface area (Å²) in [5, 5.41) is 0.195. The van der Waals surface area contributed by atoms with Gasteiger partial charge in [0, 0.05) is 5.02 Å². The van der Waals surface area contributed by atoms with E-state index in [1.807, 2.05) is 0 Å². The van der Waals surface area contributed by atoms with Crippen LogP contribution in [-0.2, 0) is 18.9 Å². The fraction of sp³-hybridized carbons (Fsp3) is 0.462. The molecule has 0 unspecified atom stereocenters. The van der Waals surface area contributed by atoms with Gasteiger partial charge in [0.2, 0.25) is 0 Å². The number of fused-ring (bicyclic) bond motifs is 2. The van der Waals surface area contributed by atoms with Gasteiger partial charge >= 0.3 is 11.9 Å². The zero-order valence-corrected chi connectivity index (χ0v) is 11.9. The van der Waals surface area contributed by atoms with Gasteiger partial charge in [0.05, 0.1) is 26.4 Å². The van der Waals surface area contributed by atoms with Crippen LogP contribution in [0.3, 0.4) is 0 Å². The summed E-state index contributed by atoms with van der Waals surface area (Å²) in [6.45, 7) is 1.38. The van der Waals surface area contributed by atoms with E-state index in [-0.39, 0.29) is 42.8 Å². The summed E-state index contributed by atoms with van der Waals surface area (Å²) in [6, 6.07) is 2.64. The van der Waals surface area contributed by atoms with Gasteiger partial charge in [-0.2, -0.15) is 0 Å². The van der Waals surface area contributed by atoms with Gasteiger partial charge in [-0.1, -0.05) is 11.6 Å². The molecule has 0 radical (unpaired) electrons. The van der Waals surface area contributed by atoms with Crippen molar-refractivity contribution in [3.05, 3.63) is 28.5 Å². The minimum Gasteiger partial charge on any atom is -0.459 e.